The molecule has 0 radical (unpaired) electrons. The smallest absolute Gasteiger partial charge is 0.261 e. The summed E-state index contributed by atoms with van der Waals surface area (Å²) in [5, 5.41) is 30.6. The predicted molar refractivity (Wildman–Crippen MR) is 98.4 cm³/mol. The number of rotatable bonds is 0. The van der Waals surface area contributed by atoms with Crippen LogP contribution in [0.2, 0.25) is 0 Å². The number of ketones is 2. The molecule has 2 amide bonds. The molecule has 29 heavy (non-hydrogen) atoms. The Hall–Kier alpha value is -1.14. The normalized spacial score (nSPS) is 58.9. The number of amides is 2. The maximum absolute atomic E-state index is 14.0. The van der Waals surface area contributed by atoms with Crippen molar-refractivity contribution in [2.24, 2.45) is 11.8 Å². The van der Waals surface area contributed by atoms with E-state index in [1.165, 1.54) is 21.6 Å². The third-order valence-corrected chi connectivity index (χ3v) is 11.5. The molecule has 154 valence electrons. The standard InChI is InChI=1S/C18H18N2O7S2/c21-6-1-7-11(23)8-4(6)2-17(28-7)15(26)20-9-5-3-18(20,16(27)19(8)17)29-14(10(5)22)13(25)12(9)24/h4-5,7-9,11-14,23-25H,1-3H2/t4-,5+,7-,8-,9-,11-,12+,13+,14-,17+,18+/m0/s1. The number of carbonyl (C=O) groups excluding carboxylic acids is 4. The van der Waals surface area contributed by atoms with Crippen molar-refractivity contribution in [3.05, 3.63) is 0 Å². The van der Waals surface area contributed by atoms with Gasteiger partial charge in [0.1, 0.15) is 18.0 Å². The van der Waals surface area contributed by atoms with Gasteiger partial charge in [0.05, 0.1) is 23.4 Å². The Labute approximate surface area is 173 Å². The third kappa shape index (κ3) is 1.57. The number of Topliss-reactive ketones (excluding diaryl/α,β-unsaturated/α-hetero) is 2. The molecule has 0 unspecified atom stereocenters. The Balaban J connectivity index is 1.45. The third-order valence-electron chi connectivity index (χ3n) is 8.17. The zero-order valence-corrected chi connectivity index (χ0v) is 16.6. The van der Waals surface area contributed by atoms with Crippen molar-refractivity contribution in [1.82, 2.24) is 9.80 Å². The first-order chi connectivity index (χ1) is 13.7. The Morgan fingerprint density at radius 3 is 2.07 bits per heavy atom. The van der Waals surface area contributed by atoms with E-state index >= 15 is 0 Å². The Morgan fingerprint density at radius 1 is 0.793 bits per heavy atom. The Kier molecular flexibility index (Phi) is 2.93. The summed E-state index contributed by atoms with van der Waals surface area (Å²) in [6.07, 6.45) is -3.07. The molecule has 0 aromatic carbocycles. The fourth-order valence-electron chi connectivity index (χ4n) is 7.05. The summed E-state index contributed by atoms with van der Waals surface area (Å²) in [6.45, 7) is 0. The molecule has 6 bridgehead atoms. The van der Waals surface area contributed by atoms with Gasteiger partial charge in [-0.1, -0.05) is 0 Å². The quantitative estimate of drug-likeness (QED) is 0.381. The number of nitrogens with zero attached hydrogens (tertiary/aromatic N) is 2. The van der Waals surface area contributed by atoms with E-state index in [1.54, 1.807) is 0 Å². The van der Waals surface area contributed by atoms with E-state index in [2.05, 4.69) is 0 Å². The molecule has 2 aliphatic carbocycles. The molecular formula is C18H18N2O7S2. The number of fused-ring (bicyclic) bond motifs is 3. The number of aliphatic hydroxyl groups excluding tert-OH is 3. The van der Waals surface area contributed by atoms with Crippen molar-refractivity contribution in [1.29, 1.82) is 0 Å². The van der Waals surface area contributed by atoms with Gasteiger partial charge in [-0.3, -0.25) is 19.2 Å². The van der Waals surface area contributed by atoms with Crippen LogP contribution in [0.25, 0.3) is 0 Å². The van der Waals surface area contributed by atoms with Gasteiger partial charge >= 0.3 is 0 Å². The highest BCUT2D eigenvalue weighted by atomic mass is 32.2. The van der Waals surface area contributed by atoms with Crippen molar-refractivity contribution in [2.45, 2.75) is 69.9 Å². The molecule has 11 heteroatoms. The minimum atomic E-state index is -1.37. The van der Waals surface area contributed by atoms with Gasteiger partial charge in [-0.25, -0.2) is 0 Å². The second-order valence-corrected chi connectivity index (χ2v) is 12.2. The molecule has 2 saturated carbocycles. The molecule has 7 rings (SSSR count). The van der Waals surface area contributed by atoms with E-state index in [-0.39, 0.29) is 42.6 Å². The lowest BCUT2D eigenvalue weighted by molar-refractivity contribution is -0.173. The van der Waals surface area contributed by atoms with Crippen LogP contribution in [0.15, 0.2) is 0 Å². The fourth-order valence-corrected chi connectivity index (χ4v) is 10.7. The van der Waals surface area contributed by atoms with Gasteiger partial charge in [0, 0.05) is 36.3 Å². The average molecular weight is 438 g/mol. The highest BCUT2D eigenvalue weighted by Gasteiger charge is 2.81. The average Bonchev–Trinajstić information content (AvgIpc) is 3.06. The number of piperazine rings is 1. The minimum absolute atomic E-state index is 0.0244. The molecule has 7 fully saturated rings. The second kappa shape index (κ2) is 4.85. The van der Waals surface area contributed by atoms with Crippen LogP contribution in [0, 0.1) is 11.8 Å². The van der Waals surface area contributed by atoms with Crippen molar-refractivity contribution < 1.29 is 34.5 Å². The molecule has 9 nitrogen and oxygen atoms in total. The van der Waals surface area contributed by atoms with E-state index in [4.69, 9.17) is 0 Å². The van der Waals surface area contributed by atoms with Crippen LogP contribution in [-0.4, -0.2) is 99.1 Å². The van der Waals surface area contributed by atoms with E-state index in [1.807, 2.05) is 0 Å². The van der Waals surface area contributed by atoms with Crippen LogP contribution >= 0.6 is 23.5 Å². The molecule has 0 aromatic rings. The van der Waals surface area contributed by atoms with Gasteiger partial charge in [0.15, 0.2) is 15.5 Å². The van der Waals surface area contributed by atoms with Crippen LogP contribution in [-0.2, 0) is 19.2 Å². The van der Waals surface area contributed by atoms with Gasteiger partial charge in [0.25, 0.3) is 11.8 Å². The molecular weight excluding hydrogens is 420 g/mol. The molecule has 5 aliphatic heterocycles. The highest BCUT2D eigenvalue weighted by molar-refractivity contribution is 8.03. The van der Waals surface area contributed by atoms with Crippen molar-refractivity contribution in [2.75, 3.05) is 0 Å². The van der Waals surface area contributed by atoms with Crippen molar-refractivity contribution in [3.63, 3.8) is 0 Å². The van der Waals surface area contributed by atoms with Crippen LogP contribution < -0.4 is 0 Å². The summed E-state index contributed by atoms with van der Waals surface area (Å²) in [5.41, 5.74) is 0. The van der Waals surface area contributed by atoms with Crippen LogP contribution in [0.5, 0.6) is 0 Å². The number of hydrogen-bond donors (Lipinski definition) is 3. The molecule has 5 saturated heterocycles. The molecule has 11 atom stereocenters. The lowest BCUT2D eigenvalue weighted by Gasteiger charge is -2.58. The molecule has 3 N–H and O–H groups in total. The predicted octanol–water partition coefficient (Wildman–Crippen LogP) is -2.30. The zero-order valence-electron chi connectivity index (χ0n) is 15.0. The van der Waals surface area contributed by atoms with E-state index < -0.39 is 62.5 Å². The first-order valence-electron chi connectivity index (χ1n) is 9.87. The monoisotopic (exact) mass is 438 g/mol. The fraction of sp³-hybridized carbons (Fsp3) is 0.778. The van der Waals surface area contributed by atoms with E-state index in [9.17, 15) is 34.5 Å². The molecule has 5 heterocycles. The largest absolute Gasteiger partial charge is 0.390 e. The van der Waals surface area contributed by atoms with E-state index in [0.29, 0.717) is 0 Å². The first-order valence-corrected chi connectivity index (χ1v) is 11.6. The van der Waals surface area contributed by atoms with Gasteiger partial charge in [-0.15, -0.1) is 23.5 Å². The van der Waals surface area contributed by atoms with Crippen LogP contribution in [0.1, 0.15) is 19.3 Å². The molecule has 1 spiro atoms. The van der Waals surface area contributed by atoms with Crippen LogP contribution in [0.4, 0.5) is 0 Å². The van der Waals surface area contributed by atoms with Crippen molar-refractivity contribution in [3.8, 4) is 0 Å². The number of carbonyl (C=O) groups is 4. The Bertz CT molecular complexity index is 945. The summed E-state index contributed by atoms with van der Waals surface area (Å²) in [4.78, 5) is 53.5. The summed E-state index contributed by atoms with van der Waals surface area (Å²) < 4.78 is 0. The first kappa shape index (κ1) is 17.5. The second-order valence-electron chi connectivity index (χ2n) is 9.26. The van der Waals surface area contributed by atoms with Gasteiger partial charge in [-0.05, 0) is 0 Å². The van der Waals surface area contributed by atoms with Gasteiger partial charge < -0.3 is 25.1 Å². The molecule has 0 aromatic heterocycles. The topological polar surface area (TPSA) is 135 Å². The van der Waals surface area contributed by atoms with Gasteiger partial charge in [-0.2, -0.15) is 0 Å². The number of thioether (sulfide) groups is 2. The summed E-state index contributed by atoms with van der Waals surface area (Å²) >= 11 is 2.15. The summed E-state index contributed by atoms with van der Waals surface area (Å²) in [5.74, 6) is -2.24. The SMILES string of the molecule is O=C1C[C@@H]2S[C@@]34C[C@@H]1[C@@H]([C@H]2O)N3C(=O)[C@@]12C[C@H]3C(=O)[C@H](S1)[C@H](O)[C@H](O)[C@H]3N2C4=O. The minimum Gasteiger partial charge on any atom is -0.390 e. The lowest BCUT2D eigenvalue weighted by Crippen LogP contribution is -2.77. The zero-order chi connectivity index (χ0) is 20.2. The number of hydrogen-bond acceptors (Lipinski definition) is 9. The molecule has 7 aliphatic rings. The van der Waals surface area contributed by atoms with Crippen molar-refractivity contribution >= 4 is 46.9 Å². The van der Waals surface area contributed by atoms with E-state index in [0.717, 1.165) is 11.8 Å². The lowest BCUT2D eigenvalue weighted by atomic mass is 9.79. The van der Waals surface area contributed by atoms with Gasteiger partial charge in [0.2, 0.25) is 0 Å². The summed E-state index contributed by atoms with van der Waals surface area (Å²) in [7, 11) is 0. The maximum atomic E-state index is 14.0. The number of aliphatic hydroxyl groups is 3. The Morgan fingerprint density at radius 2 is 1.38 bits per heavy atom. The van der Waals surface area contributed by atoms with Crippen LogP contribution in [0.3, 0.4) is 0 Å². The maximum Gasteiger partial charge on any atom is 0.261 e. The summed E-state index contributed by atoms with van der Waals surface area (Å²) in [6, 6.07) is -1.66. The highest BCUT2D eigenvalue weighted by Crippen LogP contribution is 2.67.